The van der Waals surface area contributed by atoms with Gasteiger partial charge in [0.05, 0.1) is 5.54 Å². The summed E-state index contributed by atoms with van der Waals surface area (Å²) in [7, 11) is 2.12. The summed E-state index contributed by atoms with van der Waals surface area (Å²) < 4.78 is 5.89. The summed E-state index contributed by atoms with van der Waals surface area (Å²) in [4.78, 5) is 14.3. The zero-order chi connectivity index (χ0) is 20.5. The number of rotatable bonds is 5. The third kappa shape index (κ3) is 3.00. The highest BCUT2D eigenvalue weighted by molar-refractivity contribution is 5.66. The van der Waals surface area contributed by atoms with Gasteiger partial charge in [0, 0.05) is 12.5 Å². The highest BCUT2D eigenvalue weighted by Gasteiger charge is 2.62. The van der Waals surface area contributed by atoms with Crippen molar-refractivity contribution in [2.45, 2.75) is 18.1 Å². The van der Waals surface area contributed by atoms with Crippen LogP contribution in [0.2, 0.25) is 0 Å². The summed E-state index contributed by atoms with van der Waals surface area (Å²) in [5.41, 5.74) is 7.50. The van der Waals surface area contributed by atoms with E-state index in [2.05, 4.69) is 60.5 Å². The number of nitrogens with two attached hydrogens (primary N) is 1. The van der Waals surface area contributed by atoms with E-state index in [1.807, 2.05) is 49.4 Å². The van der Waals surface area contributed by atoms with Crippen LogP contribution in [-0.4, -0.2) is 24.6 Å². The molecular formula is C25H26N2O2. The second kappa shape index (κ2) is 7.37. The van der Waals surface area contributed by atoms with Gasteiger partial charge in [-0.15, -0.1) is 0 Å². The van der Waals surface area contributed by atoms with E-state index in [4.69, 9.17) is 10.5 Å². The Bertz CT molecular complexity index is 936. The van der Waals surface area contributed by atoms with Gasteiger partial charge >= 0.3 is 6.09 Å². The van der Waals surface area contributed by atoms with Crippen LogP contribution < -0.4 is 5.73 Å². The molecule has 2 unspecified atom stereocenters. The highest BCUT2D eigenvalue weighted by Crippen LogP contribution is 2.57. The second-order valence-electron chi connectivity index (χ2n) is 7.83. The molecule has 1 amide bonds. The number of carbonyl (C=O) groups excluding carboxylic acids is 1. The standard InChI is InChI=1S/C25H26N2O2/c1-24(29-23(26)28,19-12-6-3-7-13-19)22-18-27(2)25(22,20-14-8-4-9-15-20)21-16-10-5-11-17-21/h3-17,22H,18H2,1-2H3,(H2,26,28). The topological polar surface area (TPSA) is 55.6 Å². The molecular weight excluding hydrogens is 360 g/mol. The summed E-state index contributed by atoms with van der Waals surface area (Å²) >= 11 is 0. The molecule has 1 fully saturated rings. The number of hydrogen-bond acceptors (Lipinski definition) is 3. The maximum Gasteiger partial charge on any atom is 0.405 e. The van der Waals surface area contributed by atoms with E-state index < -0.39 is 17.2 Å². The van der Waals surface area contributed by atoms with Gasteiger partial charge in [-0.25, -0.2) is 4.79 Å². The van der Waals surface area contributed by atoms with Crippen molar-refractivity contribution in [1.29, 1.82) is 0 Å². The van der Waals surface area contributed by atoms with E-state index in [-0.39, 0.29) is 5.92 Å². The van der Waals surface area contributed by atoms with E-state index in [0.29, 0.717) is 0 Å². The normalized spacial score (nSPS) is 20.3. The zero-order valence-corrected chi connectivity index (χ0v) is 16.8. The monoisotopic (exact) mass is 386 g/mol. The molecule has 0 radical (unpaired) electrons. The Hall–Kier alpha value is -3.11. The summed E-state index contributed by atoms with van der Waals surface area (Å²) in [6.45, 7) is 2.74. The Morgan fingerprint density at radius 1 is 0.931 bits per heavy atom. The zero-order valence-electron chi connectivity index (χ0n) is 16.8. The first-order valence-electron chi connectivity index (χ1n) is 9.86. The van der Waals surface area contributed by atoms with Crippen molar-refractivity contribution in [3.05, 3.63) is 108 Å². The summed E-state index contributed by atoms with van der Waals surface area (Å²) in [5, 5.41) is 0. The van der Waals surface area contributed by atoms with Gasteiger partial charge in [0.25, 0.3) is 0 Å². The Morgan fingerprint density at radius 3 is 1.79 bits per heavy atom. The van der Waals surface area contributed by atoms with Gasteiger partial charge in [-0.2, -0.15) is 0 Å². The number of hydrogen-bond donors (Lipinski definition) is 1. The summed E-state index contributed by atoms with van der Waals surface area (Å²) in [5.74, 6) is -0.0281. The second-order valence-corrected chi connectivity index (χ2v) is 7.83. The minimum Gasteiger partial charge on any atom is -0.438 e. The van der Waals surface area contributed by atoms with Gasteiger partial charge in [0.15, 0.2) is 0 Å². The van der Waals surface area contributed by atoms with Crippen LogP contribution in [0.5, 0.6) is 0 Å². The average Bonchev–Trinajstić information content (AvgIpc) is 2.74. The molecule has 0 spiro atoms. The van der Waals surface area contributed by atoms with Crippen LogP contribution >= 0.6 is 0 Å². The fourth-order valence-electron chi connectivity index (χ4n) is 4.98. The molecule has 0 aliphatic carbocycles. The van der Waals surface area contributed by atoms with Crippen molar-refractivity contribution >= 4 is 6.09 Å². The van der Waals surface area contributed by atoms with Crippen molar-refractivity contribution in [3.63, 3.8) is 0 Å². The molecule has 0 bridgehead atoms. The number of carbonyl (C=O) groups is 1. The Morgan fingerprint density at radius 2 is 1.38 bits per heavy atom. The number of benzene rings is 3. The molecule has 29 heavy (non-hydrogen) atoms. The molecule has 1 heterocycles. The molecule has 1 saturated heterocycles. The lowest BCUT2D eigenvalue weighted by Gasteiger charge is -2.62. The fourth-order valence-corrected chi connectivity index (χ4v) is 4.98. The predicted molar refractivity (Wildman–Crippen MR) is 114 cm³/mol. The van der Waals surface area contributed by atoms with Gasteiger partial charge in [-0.1, -0.05) is 91.0 Å². The molecule has 2 N–H and O–H groups in total. The fraction of sp³-hybridized carbons (Fsp3) is 0.240. The van der Waals surface area contributed by atoms with Crippen LogP contribution in [0.15, 0.2) is 91.0 Å². The van der Waals surface area contributed by atoms with Crippen molar-refractivity contribution in [2.75, 3.05) is 13.6 Å². The molecule has 3 aromatic rings. The molecule has 1 aliphatic rings. The third-order valence-electron chi connectivity index (χ3n) is 6.32. The van der Waals surface area contributed by atoms with E-state index >= 15 is 0 Å². The minimum atomic E-state index is -0.884. The molecule has 4 rings (SSSR count). The first kappa shape index (κ1) is 19.2. The van der Waals surface area contributed by atoms with Crippen LogP contribution in [0.3, 0.4) is 0 Å². The van der Waals surface area contributed by atoms with Crippen molar-refractivity contribution in [1.82, 2.24) is 4.90 Å². The lowest BCUT2D eigenvalue weighted by molar-refractivity contribution is -0.154. The first-order chi connectivity index (χ1) is 14.0. The largest absolute Gasteiger partial charge is 0.438 e. The molecule has 3 aromatic carbocycles. The Kier molecular flexibility index (Phi) is 4.89. The predicted octanol–water partition coefficient (Wildman–Crippen LogP) is 4.50. The van der Waals surface area contributed by atoms with E-state index in [1.54, 1.807) is 0 Å². The van der Waals surface area contributed by atoms with Crippen LogP contribution in [0.25, 0.3) is 0 Å². The lowest BCUT2D eigenvalue weighted by atomic mass is 9.58. The SMILES string of the molecule is CN1CC(C(C)(OC(N)=O)c2ccccc2)C1(c1ccccc1)c1ccccc1. The molecule has 2 atom stereocenters. The number of likely N-dealkylation sites (tertiary alicyclic amines) is 1. The highest BCUT2D eigenvalue weighted by atomic mass is 16.6. The van der Waals surface area contributed by atoms with Gasteiger partial charge in [0.1, 0.15) is 5.60 Å². The van der Waals surface area contributed by atoms with Gasteiger partial charge in [0.2, 0.25) is 0 Å². The summed E-state index contributed by atoms with van der Waals surface area (Å²) in [6.07, 6.45) is -0.763. The van der Waals surface area contributed by atoms with Crippen molar-refractivity contribution in [3.8, 4) is 0 Å². The first-order valence-corrected chi connectivity index (χ1v) is 9.86. The number of ether oxygens (including phenoxy) is 1. The Balaban J connectivity index is 1.94. The third-order valence-corrected chi connectivity index (χ3v) is 6.32. The van der Waals surface area contributed by atoms with Gasteiger partial charge in [-0.3, -0.25) is 4.90 Å². The van der Waals surface area contributed by atoms with E-state index in [9.17, 15) is 4.79 Å². The van der Waals surface area contributed by atoms with Gasteiger partial charge < -0.3 is 10.5 Å². The van der Waals surface area contributed by atoms with Crippen LogP contribution in [-0.2, 0) is 15.9 Å². The summed E-state index contributed by atoms with van der Waals surface area (Å²) in [6, 6.07) is 30.7. The lowest BCUT2D eigenvalue weighted by Crippen LogP contribution is -2.69. The average molecular weight is 386 g/mol. The molecule has 1 aliphatic heterocycles. The van der Waals surface area contributed by atoms with Crippen LogP contribution in [0.1, 0.15) is 23.6 Å². The van der Waals surface area contributed by atoms with Crippen LogP contribution in [0, 0.1) is 5.92 Å². The number of nitrogens with zero attached hydrogens (tertiary/aromatic N) is 1. The molecule has 0 aromatic heterocycles. The number of amides is 1. The van der Waals surface area contributed by atoms with E-state index in [0.717, 1.165) is 12.1 Å². The van der Waals surface area contributed by atoms with E-state index in [1.165, 1.54) is 11.1 Å². The number of primary amides is 1. The molecule has 148 valence electrons. The molecule has 4 nitrogen and oxygen atoms in total. The molecule has 0 saturated carbocycles. The van der Waals surface area contributed by atoms with Gasteiger partial charge in [-0.05, 0) is 30.7 Å². The maximum atomic E-state index is 12.0. The minimum absolute atomic E-state index is 0.0281. The van der Waals surface area contributed by atoms with Crippen LogP contribution in [0.4, 0.5) is 4.79 Å². The Labute approximate surface area is 171 Å². The smallest absolute Gasteiger partial charge is 0.405 e. The quantitative estimate of drug-likeness (QED) is 0.702. The van der Waals surface area contributed by atoms with Crippen molar-refractivity contribution < 1.29 is 9.53 Å². The van der Waals surface area contributed by atoms with Crippen molar-refractivity contribution in [2.24, 2.45) is 11.7 Å². The molecule has 4 heteroatoms. The maximum absolute atomic E-state index is 12.0.